The summed E-state index contributed by atoms with van der Waals surface area (Å²) in [4.78, 5) is 5.06. The molecule has 0 saturated carbocycles. The molecule has 0 spiro atoms. The molecule has 2 saturated heterocycles. The van der Waals surface area contributed by atoms with Gasteiger partial charge in [0.15, 0.2) is 0 Å². The molecular weight excluding hydrogens is 308 g/mol. The minimum Gasteiger partial charge on any atom is -0.396 e. The minimum absolute atomic E-state index is 0.310. The number of aliphatic hydroxyl groups is 1. The fourth-order valence-electron chi connectivity index (χ4n) is 4.06. The second kappa shape index (κ2) is 6.81. The number of hydrogen-bond donors (Lipinski definition) is 1. The molecule has 4 rings (SSSR count). The van der Waals surface area contributed by atoms with Crippen LogP contribution in [0.5, 0.6) is 0 Å². The zero-order valence-electron chi connectivity index (χ0n) is 13.4. The van der Waals surface area contributed by atoms with Gasteiger partial charge in [-0.25, -0.2) is 0 Å². The highest BCUT2D eigenvalue weighted by Gasteiger charge is 2.33. The van der Waals surface area contributed by atoms with Crippen LogP contribution in [-0.2, 0) is 6.54 Å². The first-order valence-corrected chi connectivity index (χ1v) is 9.31. The Kier molecular flexibility index (Phi) is 4.57. The molecule has 23 heavy (non-hydrogen) atoms. The first-order valence-electron chi connectivity index (χ1n) is 8.58. The van der Waals surface area contributed by atoms with E-state index in [0.29, 0.717) is 18.4 Å². The van der Waals surface area contributed by atoms with E-state index in [9.17, 15) is 5.11 Å². The van der Waals surface area contributed by atoms with Crippen molar-refractivity contribution in [2.75, 3.05) is 39.3 Å². The fraction of sp³-hybridized carbons (Fsp3) is 0.647. The molecule has 0 amide bonds. The van der Waals surface area contributed by atoms with E-state index in [1.54, 1.807) is 0 Å². The number of fused-ring (bicyclic) bond motifs is 1. The van der Waals surface area contributed by atoms with Crippen molar-refractivity contribution in [3.63, 3.8) is 0 Å². The first kappa shape index (κ1) is 15.4. The highest BCUT2D eigenvalue weighted by atomic mass is 32.1. The summed E-state index contributed by atoms with van der Waals surface area (Å²) in [5.41, 5.74) is 3.28. The number of nitrogens with zero attached hydrogens (tertiary/aromatic N) is 4. The summed E-state index contributed by atoms with van der Waals surface area (Å²) < 4.78 is 8.60. The number of rotatable bonds is 5. The Morgan fingerprint density at radius 1 is 1.04 bits per heavy atom. The van der Waals surface area contributed by atoms with Gasteiger partial charge in [-0.1, -0.05) is 6.07 Å². The van der Waals surface area contributed by atoms with E-state index in [2.05, 4.69) is 36.7 Å². The summed E-state index contributed by atoms with van der Waals surface area (Å²) in [6.07, 6.45) is 2.67. The Labute approximate surface area is 141 Å². The van der Waals surface area contributed by atoms with Crippen LogP contribution >= 0.6 is 11.7 Å². The van der Waals surface area contributed by atoms with E-state index in [1.807, 2.05) is 0 Å². The average molecular weight is 332 g/mol. The first-order chi connectivity index (χ1) is 11.3. The molecule has 2 atom stereocenters. The van der Waals surface area contributed by atoms with Gasteiger partial charge in [-0.05, 0) is 55.5 Å². The van der Waals surface area contributed by atoms with Gasteiger partial charge in [-0.3, -0.25) is 4.90 Å². The Bertz CT molecular complexity index is 655. The minimum atomic E-state index is 0.310. The van der Waals surface area contributed by atoms with Crippen LogP contribution in [0.1, 0.15) is 18.4 Å². The summed E-state index contributed by atoms with van der Waals surface area (Å²) in [5, 5.41) is 9.75. The van der Waals surface area contributed by atoms with E-state index >= 15 is 0 Å². The van der Waals surface area contributed by atoms with Crippen LogP contribution in [0.25, 0.3) is 11.0 Å². The van der Waals surface area contributed by atoms with Gasteiger partial charge in [-0.15, -0.1) is 0 Å². The van der Waals surface area contributed by atoms with Crippen molar-refractivity contribution in [1.29, 1.82) is 0 Å². The van der Waals surface area contributed by atoms with Crippen LogP contribution in [0, 0.1) is 11.8 Å². The number of aliphatic hydroxyl groups excluding tert-OH is 1. The van der Waals surface area contributed by atoms with E-state index in [-0.39, 0.29) is 0 Å². The van der Waals surface area contributed by atoms with E-state index in [1.165, 1.54) is 43.2 Å². The van der Waals surface area contributed by atoms with Crippen molar-refractivity contribution in [3.05, 3.63) is 23.8 Å². The Balaban J connectivity index is 1.40. The predicted octanol–water partition coefficient (Wildman–Crippen LogP) is 1.83. The molecule has 0 bridgehead atoms. The molecule has 0 aliphatic carbocycles. The van der Waals surface area contributed by atoms with Gasteiger partial charge in [0.05, 0.1) is 11.7 Å². The Hall–Kier alpha value is -1.08. The van der Waals surface area contributed by atoms with Crippen LogP contribution < -0.4 is 0 Å². The molecular formula is C17H24N4OS. The third-order valence-corrected chi connectivity index (χ3v) is 5.86. The average Bonchev–Trinajstić information content (AvgIpc) is 3.28. The molecule has 3 heterocycles. The SMILES string of the molecule is OC[C@@H]1CN(Cc2ccc3nsnc3c2)C[C@@H]1CN1CCCC1. The summed E-state index contributed by atoms with van der Waals surface area (Å²) in [6.45, 7) is 6.98. The molecule has 0 unspecified atom stereocenters. The highest BCUT2D eigenvalue weighted by molar-refractivity contribution is 7.00. The van der Waals surface area contributed by atoms with Crippen LogP contribution in [0.3, 0.4) is 0 Å². The molecule has 2 aliphatic heterocycles. The third kappa shape index (κ3) is 3.40. The quantitative estimate of drug-likeness (QED) is 0.905. The van der Waals surface area contributed by atoms with Crippen molar-refractivity contribution >= 4 is 22.8 Å². The van der Waals surface area contributed by atoms with Gasteiger partial charge in [0.1, 0.15) is 11.0 Å². The van der Waals surface area contributed by atoms with Crippen LogP contribution in [0.2, 0.25) is 0 Å². The summed E-state index contributed by atoms with van der Waals surface area (Å²) >= 11 is 1.27. The second-order valence-corrected chi connectivity index (χ2v) is 7.52. The summed E-state index contributed by atoms with van der Waals surface area (Å²) in [7, 11) is 0. The van der Waals surface area contributed by atoms with Gasteiger partial charge < -0.3 is 10.0 Å². The Morgan fingerprint density at radius 2 is 1.83 bits per heavy atom. The molecule has 5 nitrogen and oxygen atoms in total. The largest absolute Gasteiger partial charge is 0.396 e. The van der Waals surface area contributed by atoms with E-state index < -0.39 is 0 Å². The maximum absolute atomic E-state index is 9.75. The van der Waals surface area contributed by atoms with Crippen molar-refractivity contribution in [2.24, 2.45) is 11.8 Å². The van der Waals surface area contributed by atoms with Gasteiger partial charge in [0.2, 0.25) is 0 Å². The number of benzene rings is 1. The molecule has 124 valence electrons. The van der Waals surface area contributed by atoms with Crippen molar-refractivity contribution in [2.45, 2.75) is 19.4 Å². The van der Waals surface area contributed by atoms with Crippen molar-refractivity contribution in [3.8, 4) is 0 Å². The molecule has 1 aromatic heterocycles. The lowest BCUT2D eigenvalue weighted by atomic mass is 9.96. The van der Waals surface area contributed by atoms with Gasteiger partial charge in [0, 0.05) is 32.8 Å². The van der Waals surface area contributed by atoms with Gasteiger partial charge >= 0.3 is 0 Å². The molecule has 0 radical (unpaired) electrons. The zero-order valence-corrected chi connectivity index (χ0v) is 14.2. The fourth-order valence-corrected chi connectivity index (χ4v) is 4.58. The van der Waals surface area contributed by atoms with Crippen molar-refractivity contribution in [1.82, 2.24) is 18.5 Å². The molecule has 2 aromatic rings. The number of hydrogen-bond acceptors (Lipinski definition) is 6. The van der Waals surface area contributed by atoms with Gasteiger partial charge in [0.25, 0.3) is 0 Å². The van der Waals surface area contributed by atoms with Gasteiger partial charge in [-0.2, -0.15) is 8.75 Å². The molecule has 2 aliphatic rings. The molecule has 2 fully saturated rings. The number of aromatic nitrogens is 2. The highest BCUT2D eigenvalue weighted by Crippen LogP contribution is 2.27. The lowest BCUT2D eigenvalue weighted by molar-refractivity contribution is 0.175. The second-order valence-electron chi connectivity index (χ2n) is 6.99. The molecule has 6 heteroatoms. The lowest BCUT2D eigenvalue weighted by Gasteiger charge is -2.23. The summed E-state index contributed by atoms with van der Waals surface area (Å²) in [6, 6.07) is 6.38. The Morgan fingerprint density at radius 3 is 2.65 bits per heavy atom. The van der Waals surface area contributed by atoms with Crippen molar-refractivity contribution < 1.29 is 5.11 Å². The third-order valence-electron chi connectivity index (χ3n) is 5.30. The normalized spacial score (nSPS) is 26.5. The zero-order chi connectivity index (χ0) is 15.6. The lowest BCUT2D eigenvalue weighted by Crippen LogP contribution is -2.31. The molecule has 1 aromatic carbocycles. The summed E-state index contributed by atoms with van der Waals surface area (Å²) in [5.74, 6) is 1.02. The number of likely N-dealkylation sites (tertiary alicyclic amines) is 2. The maximum atomic E-state index is 9.75. The topological polar surface area (TPSA) is 52.5 Å². The monoisotopic (exact) mass is 332 g/mol. The predicted molar refractivity (Wildman–Crippen MR) is 92.4 cm³/mol. The van der Waals surface area contributed by atoms with Crippen LogP contribution in [0.15, 0.2) is 18.2 Å². The van der Waals surface area contributed by atoms with E-state index in [4.69, 9.17) is 0 Å². The van der Waals surface area contributed by atoms with E-state index in [0.717, 1.165) is 37.2 Å². The van der Waals surface area contributed by atoms with Crippen LogP contribution in [0.4, 0.5) is 0 Å². The smallest absolute Gasteiger partial charge is 0.105 e. The van der Waals surface area contributed by atoms with Crippen LogP contribution in [-0.4, -0.2) is 63.0 Å². The standard InChI is InChI=1S/C17H24N4OS/c22-12-15-11-21(10-14(15)9-20-5-1-2-6-20)8-13-3-4-16-17(7-13)19-23-18-16/h3-4,7,14-15,22H,1-2,5-6,8-12H2/t14-,15-/m0/s1. The molecule has 1 N–H and O–H groups in total. The maximum Gasteiger partial charge on any atom is 0.105 e.